The standard InChI is InChI=1S/C12H19NOS/c1-2-3-4-5-8-12(14)13-10-11-7-6-9-15-11/h6-7,9H,2-5,8,10H2,1H3,(H,13,14). The molecule has 0 bridgehead atoms. The van der Waals surface area contributed by atoms with Crippen LogP contribution in [0.15, 0.2) is 17.5 Å². The zero-order valence-electron chi connectivity index (χ0n) is 9.29. The van der Waals surface area contributed by atoms with Gasteiger partial charge in [0.2, 0.25) is 5.91 Å². The van der Waals surface area contributed by atoms with E-state index in [0.717, 1.165) is 6.42 Å². The second kappa shape index (κ2) is 7.46. The summed E-state index contributed by atoms with van der Waals surface area (Å²) in [6, 6.07) is 4.05. The van der Waals surface area contributed by atoms with Crippen LogP contribution in [0.1, 0.15) is 43.9 Å². The van der Waals surface area contributed by atoms with Crippen LogP contribution in [0.5, 0.6) is 0 Å². The van der Waals surface area contributed by atoms with Crippen LogP contribution < -0.4 is 5.32 Å². The number of hydrogen-bond donors (Lipinski definition) is 1. The maximum atomic E-state index is 11.4. The van der Waals surface area contributed by atoms with Crippen molar-refractivity contribution in [1.29, 1.82) is 0 Å². The molecule has 1 N–H and O–H groups in total. The second-order valence-corrected chi connectivity index (χ2v) is 4.70. The van der Waals surface area contributed by atoms with E-state index in [1.165, 1.54) is 24.1 Å². The summed E-state index contributed by atoms with van der Waals surface area (Å²) in [6.45, 7) is 2.86. The normalized spacial score (nSPS) is 10.2. The Labute approximate surface area is 95.7 Å². The molecule has 0 aromatic carbocycles. The molecule has 2 nitrogen and oxygen atoms in total. The topological polar surface area (TPSA) is 29.1 Å². The van der Waals surface area contributed by atoms with E-state index in [-0.39, 0.29) is 5.91 Å². The highest BCUT2D eigenvalue weighted by Crippen LogP contribution is 2.08. The monoisotopic (exact) mass is 225 g/mol. The minimum absolute atomic E-state index is 0.180. The van der Waals surface area contributed by atoms with Crippen LogP contribution in [0.4, 0.5) is 0 Å². The molecule has 3 heteroatoms. The molecule has 1 aromatic rings. The summed E-state index contributed by atoms with van der Waals surface area (Å²) in [6.07, 6.45) is 5.31. The summed E-state index contributed by atoms with van der Waals surface area (Å²) >= 11 is 1.68. The van der Waals surface area contributed by atoms with E-state index in [9.17, 15) is 4.79 Å². The molecule has 0 aliphatic rings. The Kier molecular flexibility index (Phi) is 6.09. The molecule has 0 saturated heterocycles. The predicted molar refractivity (Wildman–Crippen MR) is 64.9 cm³/mol. The molecule has 0 aliphatic carbocycles. The molecule has 0 saturated carbocycles. The zero-order chi connectivity index (χ0) is 10.9. The first-order valence-corrected chi connectivity index (χ1v) is 6.50. The lowest BCUT2D eigenvalue weighted by Crippen LogP contribution is -2.21. The van der Waals surface area contributed by atoms with Crippen molar-refractivity contribution in [2.24, 2.45) is 0 Å². The van der Waals surface area contributed by atoms with Crippen LogP contribution in [0.25, 0.3) is 0 Å². The Balaban J connectivity index is 2.04. The smallest absolute Gasteiger partial charge is 0.220 e. The van der Waals surface area contributed by atoms with E-state index in [0.29, 0.717) is 13.0 Å². The Morgan fingerprint density at radius 3 is 2.93 bits per heavy atom. The molecule has 1 amide bonds. The number of hydrogen-bond acceptors (Lipinski definition) is 2. The number of rotatable bonds is 7. The summed E-state index contributed by atoms with van der Waals surface area (Å²) in [5.74, 6) is 0.180. The first-order valence-electron chi connectivity index (χ1n) is 5.62. The summed E-state index contributed by atoms with van der Waals surface area (Å²) in [5, 5.41) is 4.96. The molecule has 0 atom stereocenters. The van der Waals surface area contributed by atoms with Gasteiger partial charge in [0, 0.05) is 11.3 Å². The van der Waals surface area contributed by atoms with Gasteiger partial charge in [-0.3, -0.25) is 4.79 Å². The molecule has 0 aliphatic heterocycles. The highest BCUT2D eigenvalue weighted by atomic mass is 32.1. The fourth-order valence-corrected chi connectivity index (χ4v) is 2.04. The van der Waals surface area contributed by atoms with Gasteiger partial charge in [0.15, 0.2) is 0 Å². The molecular formula is C12H19NOS. The van der Waals surface area contributed by atoms with E-state index in [1.54, 1.807) is 11.3 Å². The minimum Gasteiger partial charge on any atom is -0.351 e. The summed E-state index contributed by atoms with van der Waals surface area (Å²) in [7, 11) is 0. The maximum Gasteiger partial charge on any atom is 0.220 e. The first-order chi connectivity index (χ1) is 7.33. The molecular weight excluding hydrogens is 206 g/mol. The van der Waals surface area contributed by atoms with Crippen LogP contribution in [-0.4, -0.2) is 5.91 Å². The van der Waals surface area contributed by atoms with E-state index >= 15 is 0 Å². The van der Waals surface area contributed by atoms with E-state index in [4.69, 9.17) is 0 Å². The minimum atomic E-state index is 0.180. The van der Waals surface area contributed by atoms with Crippen LogP contribution in [0.3, 0.4) is 0 Å². The Morgan fingerprint density at radius 1 is 1.40 bits per heavy atom. The highest BCUT2D eigenvalue weighted by Gasteiger charge is 2.00. The van der Waals surface area contributed by atoms with Gasteiger partial charge >= 0.3 is 0 Å². The van der Waals surface area contributed by atoms with Crippen LogP contribution in [0.2, 0.25) is 0 Å². The van der Waals surface area contributed by atoms with E-state index in [1.807, 2.05) is 17.5 Å². The average molecular weight is 225 g/mol. The van der Waals surface area contributed by atoms with Gasteiger partial charge in [-0.15, -0.1) is 11.3 Å². The van der Waals surface area contributed by atoms with Crippen LogP contribution >= 0.6 is 11.3 Å². The van der Waals surface area contributed by atoms with Gasteiger partial charge in [0.25, 0.3) is 0 Å². The zero-order valence-corrected chi connectivity index (χ0v) is 10.1. The molecule has 1 aromatic heterocycles. The van der Waals surface area contributed by atoms with E-state index in [2.05, 4.69) is 12.2 Å². The molecule has 84 valence electrons. The van der Waals surface area contributed by atoms with Crippen molar-refractivity contribution in [3.05, 3.63) is 22.4 Å². The van der Waals surface area contributed by atoms with E-state index < -0.39 is 0 Å². The quantitative estimate of drug-likeness (QED) is 0.708. The fraction of sp³-hybridized carbons (Fsp3) is 0.583. The van der Waals surface area contributed by atoms with Crippen LogP contribution in [0, 0.1) is 0 Å². The van der Waals surface area contributed by atoms with Gasteiger partial charge in [-0.2, -0.15) is 0 Å². The number of unbranched alkanes of at least 4 members (excludes halogenated alkanes) is 3. The molecule has 1 rings (SSSR count). The molecule has 0 fully saturated rings. The second-order valence-electron chi connectivity index (χ2n) is 3.67. The van der Waals surface area contributed by atoms with Gasteiger partial charge in [-0.05, 0) is 17.9 Å². The van der Waals surface area contributed by atoms with Gasteiger partial charge < -0.3 is 5.32 Å². The molecule has 15 heavy (non-hydrogen) atoms. The largest absolute Gasteiger partial charge is 0.351 e. The summed E-state index contributed by atoms with van der Waals surface area (Å²) < 4.78 is 0. The molecule has 0 spiro atoms. The Morgan fingerprint density at radius 2 is 2.27 bits per heavy atom. The van der Waals surface area contributed by atoms with Gasteiger partial charge in [-0.25, -0.2) is 0 Å². The first kappa shape index (κ1) is 12.2. The third-order valence-electron chi connectivity index (χ3n) is 2.30. The van der Waals surface area contributed by atoms with Crippen LogP contribution in [-0.2, 0) is 11.3 Å². The Hall–Kier alpha value is -0.830. The maximum absolute atomic E-state index is 11.4. The number of thiophene rings is 1. The molecule has 0 radical (unpaired) electrons. The number of nitrogens with one attached hydrogen (secondary N) is 1. The fourth-order valence-electron chi connectivity index (χ4n) is 1.40. The Bertz CT molecular complexity index is 269. The SMILES string of the molecule is CCCCCCC(=O)NCc1cccs1. The van der Waals surface area contributed by atoms with Crippen molar-refractivity contribution in [2.75, 3.05) is 0 Å². The molecule has 1 heterocycles. The lowest BCUT2D eigenvalue weighted by Gasteiger charge is -2.03. The lowest BCUT2D eigenvalue weighted by atomic mass is 10.1. The van der Waals surface area contributed by atoms with Gasteiger partial charge in [0.1, 0.15) is 0 Å². The third kappa shape index (κ3) is 5.57. The number of carbonyl (C=O) groups excluding carboxylic acids is 1. The number of amides is 1. The van der Waals surface area contributed by atoms with Crippen molar-refractivity contribution in [3.63, 3.8) is 0 Å². The highest BCUT2D eigenvalue weighted by molar-refractivity contribution is 7.09. The predicted octanol–water partition coefficient (Wildman–Crippen LogP) is 3.33. The van der Waals surface area contributed by atoms with Crippen molar-refractivity contribution < 1.29 is 4.79 Å². The summed E-state index contributed by atoms with van der Waals surface area (Å²) in [5.41, 5.74) is 0. The van der Waals surface area contributed by atoms with Crippen molar-refractivity contribution >= 4 is 17.2 Å². The summed E-state index contributed by atoms with van der Waals surface area (Å²) in [4.78, 5) is 12.6. The average Bonchev–Trinajstić information content (AvgIpc) is 2.74. The number of carbonyl (C=O) groups is 1. The molecule has 0 unspecified atom stereocenters. The third-order valence-corrected chi connectivity index (χ3v) is 3.17. The van der Waals surface area contributed by atoms with Gasteiger partial charge in [-0.1, -0.05) is 32.3 Å². The van der Waals surface area contributed by atoms with Crippen molar-refractivity contribution in [3.8, 4) is 0 Å². The van der Waals surface area contributed by atoms with Crippen molar-refractivity contribution in [2.45, 2.75) is 45.6 Å². The van der Waals surface area contributed by atoms with Crippen molar-refractivity contribution in [1.82, 2.24) is 5.32 Å². The lowest BCUT2D eigenvalue weighted by molar-refractivity contribution is -0.121. The van der Waals surface area contributed by atoms with Gasteiger partial charge in [0.05, 0.1) is 6.54 Å².